The van der Waals surface area contributed by atoms with Crippen LogP contribution in [0.2, 0.25) is 0 Å². The van der Waals surface area contributed by atoms with Crippen LogP contribution < -0.4 is 10.5 Å². The number of hydrogen-bond donors (Lipinski definition) is 2. The van der Waals surface area contributed by atoms with Gasteiger partial charge in [-0.15, -0.1) is 0 Å². The quantitative estimate of drug-likeness (QED) is 0.345. The smallest absolute Gasteiger partial charge is 0.142 e. The van der Waals surface area contributed by atoms with Crippen LogP contribution in [-0.2, 0) is 0 Å². The fourth-order valence-corrected chi connectivity index (χ4v) is 1.45. The molecule has 0 saturated heterocycles. The zero-order valence-corrected chi connectivity index (χ0v) is 10.4. The molecule has 0 saturated carbocycles. The molecule has 1 rings (SSSR count). The van der Waals surface area contributed by atoms with E-state index in [-0.39, 0.29) is 5.84 Å². The molecular weight excluding hydrogens is 216 g/mol. The minimum atomic E-state index is 0.182. The molecule has 1 atom stereocenters. The van der Waals surface area contributed by atoms with Gasteiger partial charge < -0.3 is 15.7 Å². The first-order chi connectivity index (χ1) is 8.17. The SMILES string of the molecule is CCC(C)c1ccc(OCC/C(N)=N/O)cc1. The van der Waals surface area contributed by atoms with Crippen molar-refractivity contribution in [3.05, 3.63) is 29.8 Å². The highest BCUT2D eigenvalue weighted by Crippen LogP contribution is 2.21. The maximum atomic E-state index is 8.36. The lowest BCUT2D eigenvalue weighted by Crippen LogP contribution is -2.15. The molecule has 0 amide bonds. The molecule has 0 aliphatic rings. The van der Waals surface area contributed by atoms with Crippen LogP contribution in [0.15, 0.2) is 29.4 Å². The van der Waals surface area contributed by atoms with Gasteiger partial charge in [-0.05, 0) is 30.0 Å². The second-order valence-electron chi connectivity index (χ2n) is 4.07. The molecule has 1 aromatic rings. The van der Waals surface area contributed by atoms with Gasteiger partial charge in [-0.1, -0.05) is 31.1 Å². The summed E-state index contributed by atoms with van der Waals surface area (Å²) in [4.78, 5) is 0. The van der Waals surface area contributed by atoms with E-state index >= 15 is 0 Å². The van der Waals surface area contributed by atoms with Crippen molar-refractivity contribution in [3.8, 4) is 5.75 Å². The Balaban J connectivity index is 2.46. The molecule has 4 heteroatoms. The van der Waals surface area contributed by atoms with Crippen LogP contribution in [0.3, 0.4) is 0 Å². The van der Waals surface area contributed by atoms with Crippen LogP contribution >= 0.6 is 0 Å². The Labute approximate surface area is 102 Å². The number of amidine groups is 1. The van der Waals surface area contributed by atoms with Gasteiger partial charge in [0.15, 0.2) is 0 Å². The number of hydrogen-bond acceptors (Lipinski definition) is 3. The van der Waals surface area contributed by atoms with Crippen molar-refractivity contribution in [2.75, 3.05) is 6.61 Å². The summed E-state index contributed by atoms with van der Waals surface area (Å²) in [7, 11) is 0. The zero-order chi connectivity index (χ0) is 12.7. The third-order valence-corrected chi connectivity index (χ3v) is 2.82. The number of nitrogens with zero attached hydrogens (tertiary/aromatic N) is 1. The molecule has 0 aromatic heterocycles. The molecule has 0 aliphatic carbocycles. The Kier molecular flexibility index (Phi) is 5.33. The summed E-state index contributed by atoms with van der Waals surface area (Å²) in [6.45, 7) is 4.79. The molecule has 0 fully saturated rings. The third kappa shape index (κ3) is 4.34. The first-order valence-electron chi connectivity index (χ1n) is 5.86. The van der Waals surface area contributed by atoms with Gasteiger partial charge in [0, 0.05) is 6.42 Å². The molecule has 0 bridgehead atoms. The second kappa shape index (κ2) is 6.78. The van der Waals surface area contributed by atoms with E-state index in [0.717, 1.165) is 12.2 Å². The minimum absolute atomic E-state index is 0.182. The Bertz CT molecular complexity index is 360. The van der Waals surface area contributed by atoms with Gasteiger partial charge in [0.25, 0.3) is 0 Å². The summed E-state index contributed by atoms with van der Waals surface area (Å²) in [6.07, 6.45) is 1.55. The number of nitrogens with two attached hydrogens (primary N) is 1. The van der Waals surface area contributed by atoms with Gasteiger partial charge in [-0.2, -0.15) is 0 Å². The average Bonchev–Trinajstić information content (AvgIpc) is 2.38. The van der Waals surface area contributed by atoms with Crippen LogP contribution in [0.4, 0.5) is 0 Å². The molecule has 4 nitrogen and oxygen atoms in total. The van der Waals surface area contributed by atoms with Crippen LogP contribution in [0, 0.1) is 0 Å². The van der Waals surface area contributed by atoms with Crippen LogP contribution in [0.1, 0.15) is 38.2 Å². The number of rotatable bonds is 6. The van der Waals surface area contributed by atoms with E-state index < -0.39 is 0 Å². The van der Waals surface area contributed by atoms with Crippen molar-refractivity contribution in [3.63, 3.8) is 0 Å². The van der Waals surface area contributed by atoms with E-state index in [4.69, 9.17) is 15.7 Å². The standard InChI is InChI=1S/C13H20N2O2/c1-3-10(2)11-4-6-12(7-5-11)17-9-8-13(14)15-16/h4-7,10,16H,3,8-9H2,1-2H3,(H2,14,15). The van der Waals surface area contributed by atoms with E-state index in [1.807, 2.05) is 12.1 Å². The molecule has 17 heavy (non-hydrogen) atoms. The summed E-state index contributed by atoms with van der Waals surface area (Å²) < 4.78 is 5.47. The second-order valence-corrected chi connectivity index (χ2v) is 4.07. The van der Waals surface area contributed by atoms with Gasteiger partial charge in [-0.25, -0.2) is 0 Å². The highest BCUT2D eigenvalue weighted by Gasteiger charge is 2.02. The Hall–Kier alpha value is -1.71. The summed E-state index contributed by atoms with van der Waals surface area (Å²) in [6, 6.07) is 8.06. The molecule has 94 valence electrons. The lowest BCUT2D eigenvalue weighted by molar-refractivity contribution is 0.305. The van der Waals surface area contributed by atoms with Crippen LogP contribution in [0.5, 0.6) is 5.75 Å². The summed E-state index contributed by atoms with van der Waals surface area (Å²) in [5, 5.41) is 11.2. The third-order valence-electron chi connectivity index (χ3n) is 2.82. The lowest BCUT2D eigenvalue weighted by Gasteiger charge is -2.10. The topological polar surface area (TPSA) is 67.8 Å². The highest BCUT2D eigenvalue weighted by molar-refractivity contribution is 5.79. The van der Waals surface area contributed by atoms with Crippen molar-refractivity contribution < 1.29 is 9.94 Å². The Morgan fingerprint density at radius 1 is 1.41 bits per heavy atom. The van der Waals surface area contributed by atoms with Gasteiger partial charge in [-0.3, -0.25) is 0 Å². The molecule has 3 N–H and O–H groups in total. The first kappa shape index (κ1) is 13.4. The molecule has 1 unspecified atom stereocenters. The normalized spacial score (nSPS) is 13.4. The van der Waals surface area contributed by atoms with E-state index in [0.29, 0.717) is 18.9 Å². The molecule has 0 aliphatic heterocycles. The fraction of sp³-hybridized carbons (Fsp3) is 0.462. The van der Waals surface area contributed by atoms with Gasteiger partial charge in [0.05, 0.1) is 6.61 Å². The monoisotopic (exact) mass is 236 g/mol. The van der Waals surface area contributed by atoms with Gasteiger partial charge in [0.1, 0.15) is 11.6 Å². The Morgan fingerprint density at radius 2 is 2.06 bits per heavy atom. The molecular formula is C13H20N2O2. The highest BCUT2D eigenvalue weighted by atomic mass is 16.5. The summed E-state index contributed by atoms with van der Waals surface area (Å²) in [5.41, 5.74) is 6.65. The van der Waals surface area contributed by atoms with Crippen molar-refractivity contribution in [2.24, 2.45) is 10.9 Å². The van der Waals surface area contributed by atoms with Crippen LogP contribution in [-0.4, -0.2) is 17.6 Å². The maximum Gasteiger partial charge on any atom is 0.142 e. The predicted molar refractivity (Wildman–Crippen MR) is 68.7 cm³/mol. The molecule has 0 radical (unpaired) electrons. The first-order valence-corrected chi connectivity index (χ1v) is 5.86. The van der Waals surface area contributed by atoms with Crippen LogP contribution in [0.25, 0.3) is 0 Å². The zero-order valence-electron chi connectivity index (χ0n) is 10.4. The number of ether oxygens (including phenoxy) is 1. The number of benzene rings is 1. The maximum absolute atomic E-state index is 8.36. The molecule has 1 aromatic carbocycles. The van der Waals surface area contributed by atoms with Crippen molar-refractivity contribution in [2.45, 2.75) is 32.6 Å². The number of oxime groups is 1. The van der Waals surface area contributed by atoms with Gasteiger partial charge >= 0.3 is 0 Å². The van der Waals surface area contributed by atoms with E-state index in [9.17, 15) is 0 Å². The summed E-state index contributed by atoms with van der Waals surface area (Å²) in [5.74, 6) is 1.56. The predicted octanol–water partition coefficient (Wildman–Crippen LogP) is 2.72. The lowest BCUT2D eigenvalue weighted by atomic mass is 9.99. The van der Waals surface area contributed by atoms with Gasteiger partial charge in [0.2, 0.25) is 0 Å². The fourth-order valence-electron chi connectivity index (χ4n) is 1.45. The molecule has 0 spiro atoms. The molecule has 0 heterocycles. The van der Waals surface area contributed by atoms with Crippen molar-refractivity contribution in [1.29, 1.82) is 0 Å². The minimum Gasteiger partial charge on any atom is -0.493 e. The van der Waals surface area contributed by atoms with Crippen molar-refractivity contribution >= 4 is 5.84 Å². The average molecular weight is 236 g/mol. The van der Waals surface area contributed by atoms with E-state index in [1.165, 1.54) is 5.56 Å². The van der Waals surface area contributed by atoms with Crippen molar-refractivity contribution in [1.82, 2.24) is 0 Å². The Morgan fingerprint density at radius 3 is 2.59 bits per heavy atom. The largest absolute Gasteiger partial charge is 0.493 e. The summed E-state index contributed by atoms with van der Waals surface area (Å²) >= 11 is 0. The van der Waals surface area contributed by atoms with E-state index in [2.05, 4.69) is 31.1 Å². The van der Waals surface area contributed by atoms with E-state index in [1.54, 1.807) is 0 Å².